The summed E-state index contributed by atoms with van der Waals surface area (Å²) < 4.78 is 12.6. The molecule has 1 aromatic rings. The Morgan fingerprint density at radius 2 is 1.87 bits per heavy atom. The largest absolute Gasteiger partial charge is 0.290 e. The number of carbonyl (C=O) groups excluding carboxylic acids is 2. The zero-order chi connectivity index (χ0) is 10.8. The van der Waals surface area contributed by atoms with E-state index in [2.05, 4.69) is 5.32 Å². The van der Waals surface area contributed by atoms with Crippen molar-refractivity contribution in [3.8, 4) is 0 Å². The molecule has 0 spiro atoms. The summed E-state index contributed by atoms with van der Waals surface area (Å²) in [6.45, 7) is 0. The van der Waals surface area contributed by atoms with Gasteiger partial charge in [-0.15, -0.1) is 0 Å². The molecule has 5 heteroatoms. The molecule has 0 unspecified atom stereocenters. The Labute approximate surface area is 89.4 Å². The monoisotopic (exact) mass is 223 g/mol. The summed E-state index contributed by atoms with van der Waals surface area (Å²) in [5.41, 5.74) is 0.684. The lowest BCUT2D eigenvalue weighted by Gasteiger charge is -1.94. The van der Waals surface area contributed by atoms with Crippen LogP contribution in [0.4, 0.5) is 9.18 Å². The lowest BCUT2D eigenvalue weighted by Crippen LogP contribution is -2.17. The Hall–Kier alpha value is -1.62. The van der Waals surface area contributed by atoms with Crippen molar-refractivity contribution in [1.29, 1.82) is 0 Å². The summed E-state index contributed by atoms with van der Waals surface area (Å²) in [5.74, 6) is -0.744. The third-order valence-corrected chi connectivity index (χ3v) is 2.62. The van der Waals surface area contributed by atoms with Gasteiger partial charge in [-0.2, -0.15) is 0 Å². The van der Waals surface area contributed by atoms with Gasteiger partial charge in [0.05, 0.1) is 4.91 Å². The average molecular weight is 223 g/mol. The molecule has 0 aromatic heterocycles. The molecule has 3 nitrogen and oxygen atoms in total. The molecule has 0 aliphatic carbocycles. The van der Waals surface area contributed by atoms with E-state index in [0.717, 1.165) is 11.8 Å². The van der Waals surface area contributed by atoms with Gasteiger partial charge in [-0.1, -0.05) is 12.1 Å². The highest BCUT2D eigenvalue weighted by atomic mass is 32.2. The number of carbonyl (C=O) groups is 2. The van der Waals surface area contributed by atoms with Gasteiger partial charge >= 0.3 is 0 Å². The van der Waals surface area contributed by atoms with Gasteiger partial charge < -0.3 is 0 Å². The van der Waals surface area contributed by atoms with Crippen molar-refractivity contribution in [3.05, 3.63) is 40.6 Å². The van der Waals surface area contributed by atoms with Crippen LogP contribution in [0.3, 0.4) is 0 Å². The Balaban J connectivity index is 2.27. The smallest absolute Gasteiger partial charge is 0.282 e. The topological polar surface area (TPSA) is 46.2 Å². The normalized spacial score (nSPS) is 18.3. The van der Waals surface area contributed by atoms with Gasteiger partial charge in [0.2, 0.25) is 0 Å². The molecule has 2 rings (SSSR count). The van der Waals surface area contributed by atoms with Crippen LogP contribution in [0.15, 0.2) is 29.2 Å². The maximum Gasteiger partial charge on any atom is 0.290 e. The minimum Gasteiger partial charge on any atom is -0.282 e. The second-order valence-electron chi connectivity index (χ2n) is 2.90. The van der Waals surface area contributed by atoms with Crippen LogP contribution < -0.4 is 5.32 Å². The molecular formula is C10H6FNO2S. The fourth-order valence-electron chi connectivity index (χ4n) is 1.13. The number of amides is 2. The van der Waals surface area contributed by atoms with Gasteiger partial charge in [-0.05, 0) is 35.5 Å². The van der Waals surface area contributed by atoms with Crippen LogP contribution in [0.5, 0.6) is 0 Å². The summed E-state index contributed by atoms with van der Waals surface area (Å²) in [6.07, 6.45) is 1.55. The number of hydrogen-bond donors (Lipinski definition) is 1. The fourth-order valence-corrected chi connectivity index (χ4v) is 1.81. The molecule has 1 aliphatic rings. The molecule has 0 saturated carbocycles. The van der Waals surface area contributed by atoms with Gasteiger partial charge in [0.15, 0.2) is 0 Å². The molecule has 1 N–H and O–H groups in total. The third kappa shape index (κ3) is 2.24. The third-order valence-electron chi connectivity index (χ3n) is 1.81. The van der Waals surface area contributed by atoms with Crippen LogP contribution in [0, 0.1) is 5.82 Å². The Bertz CT molecular complexity index is 453. The maximum atomic E-state index is 12.6. The molecule has 1 heterocycles. The van der Waals surface area contributed by atoms with E-state index in [0.29, 0.717) is 10.5 Å². The maximum absolute atomic E-state index is 12.6. The lowest BCUT2D eigenvalue weighted by atomic mass is 10.2. The number of thioether (sulfide) groups is 1. The lowest BCUT2D eigenvalue weighted by molar-refractivity contribution is -0.115. The van der Waals surface area contributed by atoms with Crippen LogP contribution in [0.2, 0.25) is 0 Å². The number of halogens is 1. The first-order chi connectivity index (χ1) is 7.15. The van der Waals surface area contributed by atoms with Crippen molar-refractivity contribution < 1.29 is 14.0 Å². The zero-order valence-electron chi connectivity index (χ0n) is 7.49. The number of hydrogen-bond acceptors (Lipinski definition) is 3. The van der Waals surface area contributed by atoms with Crippen molar-refractivity contribution in [1.82, 2.24) is 5.32 Å². The minimum absolute atomic E-state index is 0.326. The Morgan fingerprint density at radius 3 is 2.40 bits per heavy atom. The quantitative estimate of drug-likeness (QED) is 0.742. The van der Waals surface area contributed by atoms with E-state index in [1.165, 1.54) is 12.1 Å². The van der Waals surface area contributed by atoms with E-state index >= 15 is 0 Å². The van der Waals surface area contributed by atoms with Gasteiger partial charge in [0.1, 0.15) is 5.82 Å². The molecule has 0 atom stereocenters. The van der Waals surface area contributed by atoms with Crippen molar-refractivity contribution in [2.75, 3.05) is 0 Å². The zero-order valence-corrected chi connectivity index (χ0v) is 8.31. The van der Waals surface area contributed by atoms with Crippen LogP contribution in [-0.2, 0) is 4.79 Å². The molecule has 1 aromatic carbocycles. The SMILES string of the molecule is O=C1NC(=O)/C(=C\c2ccc(F)cc2)S1. The molecule has 15 heavy (non-hydrogen) atoms. The number of imide groups is 1. The molecule has 1 saturated heterocycles. The van der Waals surface area contributed by atoms with Crippen LogP contribution in [0.1, 0.15) is 5.56 Å². The van der Waals surface area contributed by atoms with E-state index in [1.807, 2.05) is 0 Å². The van der Waals surface area contributed by atoms with Crippen molar-refractivity contribution in [2.24, 2.45) is 0 Å². The standard InChI is InChI=1S/C10H6FNO2S/c11-7-3-1-6(2-4-7)5-8-9(13)12-10(14)15-8/h1-5H,(H,12,13,14)/b8-5+. The fraction of sp³-hybridized carbons (Fsp3) is 0. The summed E-state index contributed by atoms with van der Waals surface area (Å²) in [5, 5.41) is 1.76. The number of nitrogens with one attached hydrogen (secondary N) is 1. The van der Waals surface area contributed by atoms with Crippen LogP contribution >= 0.6 is 11.8 Å². The summed E-state index contributed by atoms with van der Waals surface area (Å²) in [7, 11) is 0. The van der Waals surface area contributed by atoms with Crippen LogP contribution in [-0.4, -0.2) is 11.1 Å². The Kier molecular flexibility index (Phi) is 2.55. The number of benzene rings is 1. The second kappa shape index (κ2) is 3.86. The van der Waals surface area contributed by atoms with E-state index < -0.39 is 5.91 Å². The van der Waals surface area contributed by atoms with E-state index in [-0.39, 0.29) is 11.1 Å². The molecule has 0 radical (unpaired) electrons. The first kappa shape index (κ1) is 9.92. The molecular weight excluding hydrogens is 217 g/mol. The van der Waals surface area contributed by atoms with Gasteiger partial charge in [0.25, 0.3) is 11.1 Å². The summed E-state index contributed by atoms with van der Waals surface area (Å²) in [4.78, 5) is 22.3. The van der Waals surface area contributed by atoms with Crippen molar-refractivity contribution in [3.63, 3.8) is 0 Å². The van der Waals surface area contributed by atoms with Gasteiger partial charge in [-0.25, -0.2) is 4.39 Å². The van der Waals surface area contributed by atoms with Crippen LogP contribution in [0.25, 0.3) is 6.08 Å². The van der Waals surface area contributed by atoms with Gasteiger partial charge in [0, 0.05) is 0 Å². The average Bonchev–Trinajstić information content (AvgIpc) is 2.49. The van der Waals surface area contributed by atoms with Gasteiger partial charge in [-0.3, -0.25) is 14.9 Å². The first-order valence-electron chi connectivity index (χ1n) is 4.15. The van der Waals surface area contributed by atoms with Crippen molar-refractivity contribution >= 4 is 29.0 Å². The molecule has 1 fully saturated rings. The molecule has 0 bridgehead atoms. The molecule has 1 aliphatic heterocycles. The highest BCUT2D eigenvalue weighted by molar-refractivity contribution is 8.18. The second-order valence-corrected chi connectivity index (χ2v) is 3.92. The van der Waals surface area contributed by atoms with E-state index in [1.54, 1.807) is 18.2 Å². The highest BCUT2D eigenvalue weighted by Gasteiger charge is 2.24. The first-order valence-corrected chi connectivity index (χ1v) is 4.97. The van der Waals surface area contributed by atoms with E-state index in [9.17, 15) is 14.0 Å². The van der Waals surface area contributed by atoms with E-state index in [4.69, 9.17) is 0 Å². The number of rotatable bonds is 1. The predicted octanol–water partition coefficient (Wildman–Crippen LogP) is 2.15. The Morgan fingerprint density at radius 1 is 1.20 bits per heavy atom. The summed E-state index contributed by atoms with van der Waals surface area (Å²) >= 11 is 0.840. The highest BCUT2D eigenvalue weighted by Crippen LogP contribution is 2.25. The van der Waals surface area contributed by atoms with Crippen molar-refractivity contribution in [2.45, 2.75) is 0 Å². The molecule has 76 valence electrons. The molecule has 2 amide bonds. The predicted molar refractivity (Wildman–Crippen MR) is 55.5 cm³/mol. The minimum atomic E-state index is -0.408. The summed E-state index contributed by atoms with van der Waals surface area (Å²) in [6, 6.07) is 5.68.